The van der Waals surface area contributed by atoms with E-state index in [2.05, 4.69) is 9.97 Å². The zero-order valence-electron chi connectivity index (χ0n) is 20.3. The van der Waals surface area contributed by atoms with Gasteiger partial charge in [0.05, 0.1) is 16.3 Å². The molecular formula is C28H24ClN3O3S. The molecule has 36 heavy (non-hydrogen) atoms. The van der Waals surface area contributed by atoms with Crippen molar-refractivity contribution >= 4 is 21.4 Å². The van der Waals surface area contributed by atoms with E-state index < -0.39 is 9.84 Å². The molecule has 8 heteroatoms. The average Bonchev–Trinajstić information content (AvgIpc) is 3.39. The Morgan fingerprint density at radius 3 is 2.22 bits per heavy atom. The lowest BCUT2D eigenvalue weighted by Gasteiger charge is -2.14. The Labute approximate surface area is 215 Å². The highest BCUT2D eigenvalue weighted by atomic mass is 35.5. The third kappa shape index (κ3) is 4.59. The van der Waals surface area contributed by atoms with E-state index in [1.807, 2.05) is 80.1 Å². The van der Waals surface area contributed by atoms with Crippen molar-refractivity contribution < 1.29 is 12.8 Å². The molecule has 0 N–H and O–H groups in total. The van der Waals surface area contributed by atoms with Gasteiger partial charge >= 0.3 is 0 Å². The van der Waals surface area contributed by atoms with Crippen LogP contribution >= 0.6 is 11.6 Å². The van der Waals surface area contributed by atoms with Crippen LogP contribution in [-0.4, -0.2) is 29.2 Å². The Balaban J connectivity index is 1.77. The fourth-order valence-corrected chi connectivity index (χ4v) is 5.08. The Hall–Kier alpha value is -3.68. The number of nitrogens with zero attached hydrogens (tertiary/aromatic N) is 3. The fourth-order valence-electron chi connectivity index (χ4n) is 4.29. The summed E-state index contributed by atoms with van der Waals surface area (Å²) < 4.78 is 32.5. The van der Waals surface area contributed by atoms with Crippen molar-refractivity contribution in [3.8, 4) is 39.4 Å². The summed E-state index contributed by atoms with van der Waals surface area (Å²) in [6, 6.07) is 20.4. The largest absolute Gasteiger partial charge is 0.440 e. The number of rotatable bonds is 5. The van der Waals surface area contributed by atoms with E-state index in [0.29, 0.717) is 22.4 Å². The van der Waals surface area contributed by atoms with E-state index in [-0.39, 0.29) is 4.90 Å². The smallest absolute Gasteiger partial charge is 0.192 e. The summed E-state index contributed by atoms with van der Waals surface area (Å²) in [5, 5.41) is 0.637. The highest BCUT2D eigenvalue weighted by Crippen LogP contribution is 2.39. The van der Waals surface area contributed by atoms with Gasteiger partial charge < -0.3 is 8.98 Å². The van der Waals surface area contributed by atoms with Crippen molar-refractivity contribution in [3.63, 3.8) is 0 Å². The summed E-state index contributed by atoms with van der Waals surface area (Å²) in [5.41, 5.74) is 5.79. The first-order valence-electron chi connectivity index (χ1n) is 11.3. The molecule has 0 saturated carbocycles. The van der Waals surface area contributed by atoms with Crippen molar-refractivity contribution in [2.24, 2.45) is 0 Å². The maximum atomic E-state index is 12.2. The topological polar surface area (TPSA) is 78.0 Å². The summed E-state index contributed by atoms with van der Waals surface area (Å²) in [6.07, 6.45) is 3.18. The minimum atomic E-state index is -3.34. The van der Waals surface area contributed by atoms with E-state index in [4.69, 9.17) is 16.0 Å². The third-order valence-electron chi connectivity index (χ3n) is 5.95. The summed E-state index contributed by atoms with van der Waals surface area (Å²) in [4.78, 5) is 9.52. The Kier molecular flexibility index (Phi) is 6.06. The minimum absolute atomic E-state index is 0.268. The second kappa shape index (κ2) is 9.08. The predicted molar refractivity (Wildman–Crippen MR) is 142 cm³/mol. The highest BCUT2D eigenvalue weighted by Gasteiger charge is 2.21. The highest BCUT2D eigenvalue weighted by molar-refractivity contribution is 7.90. The van der Waals surface area contributed by atoms with Crippen molar-refractivity contribution in [1.29, 1.82) is 0 Å². The maximum Gasteiger partial charge on any atom is 0.192 e. The van der Waals surface area contributed by atoms with Crippen LogP contribution in [0, 0.1) is 20.8 Å². The second-order valence-corrected chi connectivity index (χ2v) is 11.2. The predicted octanol–water partition coefficient (Wildman–Crippen LogP) is 6.84. The SMILES string of the molecule is Cc1cn(-c2ccc(-c3cccc(S(C)(=O)=O)c3)cc2-c2oc(C)nc2-c2ccc(Cl)cc2)c(C)n1. The molecule has 0 fully saturated rings. The van der Waals surface area contributed by atoms with Crippen molar-refractivity contribution in [1.82, 2.24) is 14.5 Å². The number of hydrogen-bond donors (Lipinski definition) is 0. The van der Waals surface area contributed by atoms with Crippen molar-refractivity contribution in [2.45, 2.75) is 25.7 Å². The zero-order valence-corrected chi connectivity index (χ0v) is 21.9. The molecule has 0 amide bonds. The van der Waals surface area contributed by atoms with Gasteiger partial charge in [0.2, 0.25) is 0 Å². The normalized spacial score (nSPS) is 11.7. The Morgan fingerprint density at radius 2 is 1.56 bits per heavy atom. The lowest BCUT2D eigenvalue weighted by atomic mass is 9.98. The lowest BCUT2D eigenvalue weighted by molar-refractivity contribution is 0.534. The fraction of sp³-hybridized carbons (Fsp3) is 0.143. The molecule has 2 heterocycles. The molecule has 5 rings (SSSR count). The van der Waals surface area contributed by atoms with Crippen LogP contribution in [0.5, 0.6) is 0 Å². The van der Waals surface area contributed by atoms with Crippen LogP contribution in [0.4, 0.5) is 0 Å². The first-order valence-corrected chi connectivity index (χ1v) is 13.6. The molecule has 0 atom stereocenters. The molecule has 5 aromatic rings. The standard InChI is InChI=1S/C28H24ClN3O3S/c1-17-16-32(18(2)30-17)26-13-10-22(21-6-5-7-24(14-21)36(4,33)34)15-25(26)28-27(31-19(3)35-28)20-8-11-23(29)12-9-20/h5-16H,1-4H3. The first-order chi connectivity index (χ1) is 17.1. The van der Waals surface area contributed by atoms with Gasteiger partial charge in [-0.05, 0) is 61.4 Å². The van der Waals surface area contributed by atoms with Crippen molar-refractivity contribution in [3.05, 3.63) is 95.4 Å². The number of benzene rings is 3. The van der Waals surface area contributed by atoms with Gasteiger partial charge in [0.25, 0.3) is 0 Å². The molecule has 0 aliphatic rings. The molecule has 0 spiro atoms. The second-order valence-electron chi connectivity index (χ2n) is 8.75. The molecule has 2 aromatic heterocycles. The van der Waals surface area contributed by atoms with Crippen molar-refractivity contribution in [2.75, 3.05) is 6.26 Å². The van der Waals surface area contributed by atoms with Crippen LogP contribution in [0.3, 0.4) is 0 Å². The van der Waals surface area contributed by atoms with Crippen LogP contribution in [0.25, 0.3) is 39.4 Å². The van der Waals surface area contributed by atoms with Crippen LogP contribution in [0.2, 0.25) is 5.02 Å². The van der Waals surface area contributed by atoms with E-state index in [1.54, 1.807) is 18.2 Å². The average molecular weight is 518 g/mol. The van der Waals surface area contributed by atoms with E-state index in [0.717, 1.165) is 39.5 Å². The number of imidazole rings is 1. The number of oxazole rings is 1. The molecular weight excluding hydrogens is 494 g/mol. The van der Waals surface area contributed by atoms with Gasteiger partial charge in [-0.15, -0.1) is 0 Å². The van der Waals surface area contributed by atoms with Gasteiger partial charge in [-0.2, -0.15) is 0 Å². The van der Waals surface area contributed by atoms with E-state index >= 15 is 0 Å². The summed E-state index contributed by atoms with van der Waals surface area (Å²) in [6.45, 7) is 5.71. The number of hydrogen-bond acceptors (Lipinski definition) is 5. The molecule has 0 aliphatic heterocycles. The van der Waals surface area contributed by atoms with Crippen LogP contribution in [-0.2, 0) is 9.84 Å². The third-order valence-corrected chi connectivity index (χ3v) is 7.31. The van der Waals surface area contributed by atoms with Crippen LogP contribution < -0.4 is 0 Å². The Bertz CT molecular complexity index is 1700. The molecule has 0 unspecified atom stereocenters. The maximum absolute atomic E-state index is 12.2. The number of sulfone groups is 1. The molecule has 0 radical (unpaired) electrons. The van der Waals surface area contributed by atoms with E-state index in [9.17, 15) is 8.42 Å². The minimum Gasteiger partial charge on any atom is -0.440 e. The number of aromatic nitrogens is 3. The summed E-state index contributed by atoms with van der Waals surface area (Å²) >= 11 is 6.12. The summed E-state index contributed by atoms with van der Waals surface area (Å²) in [5.74, 6) is 1.98. The Morgan fingerprint density at radius 1 is 0.861 bits per heavy atom. The quantitative estimate of drug-likeness (QED) is 0.255. The number of aryl methyl sites for hydroxylation is 3. The molecule has 0 aliphatic carbocycles. The van der Waals surface area contributed by atoms with Gasteiger partial charge in [0, 0.05) is 35.5 Å². The van der Waals surface area contributed by atoms with Gasteiger partial charge in [-0.1, -0.05) is 41.9 Å². The first kappa shape index (κ1) is 24.0. The number of halogens is 1. The van der Waals surface area contributed by atoms with Gasteiger partial charge in [-0.3, -0.25) is 0 Å². The van der Waals surface area contributed by atoms with Gasteiger partial charge in [-0.25, -0.2) is 18.4 Å². The van der Waals surface area contributed by atoms with E-state index in [1.165, 1.54) is 6.26 Å². The zero-order chi connectivity index (χ0) is 25.6. The summed E-state index contributed by atoms with van der Waals surface area (Å²) in [7, 11) is -3.34. The molecule has 0 bridgehead atoms. The van der Waals surface area contributed by atoms with Gasteiger partial charge in [0.15, 0.2) is 21.5 Å². The van der Waals surface area contributed by atoms with Crippen LogP contribution in [0.15, 0.2) is 82.2 Å². The van der Waals surface area contributed by atoms with Gasteiger partial charge in [0.1, 0.15) is 11.5 Å². The monoisotopic (exact) mass is 517 g/mol. The molecule has 182 valence electrons. The lowest BCUT2D eigenvalue weighted by Crippen LogP contribution is -2.00. The molecule has 3 aromatic carbocycles. The molecule has 0 saturated heterocycles. The van der Waals surface area contributed by atoms with Crippen LogP contribution in [0.1, 0.15) is 17.4 Å². The molecule has 6 nitrogen and oxygen atoms in total.